The van der Waals surface area contributed by atoms with E-state index in [0.29, 0.717) is 0 Å². The Bertz CT molecular complexity index is 504. The molecule has 0 saturated heterocycles. The van der Waals surface area contributed by atoms with Gasteiger partial charge in [-0.2, -0.15) is 0 Å². The summed E-state index contributed by atoms with van der Waals surface area (Å²) in [7, 11) is 0. The Morgan fingerprint density at radius 1 is 1.11 bits per heavy atom. The molecule has 0 amide bonds. The van der Waals surface area contributed by atoms with E-state index in [2.05, 4.69) is 59.9 Å². The SMILES string of the molecule is CCNC(c1ccc(CC)cc1)c1snnc1CC. The molecule has 0 aliphatic heterocycles. The van der Waals surface area contributed by atoms with Gasteiger partial charge in [0.1, 0.15) is 0 Å². The van der Waals surface area contributed by atoms with Crippen LogP contribution >= 0.6 is 11.5 Å². The Labute approximate surface area is 119 Å². The minimum absolute atomic E-state index is 0.214. The van der Waals surface area contributed by atoms with Crippen LogP contribution in [0.3, 0.4) is 0 Å². The summed E-state index contributed by atoms with van der Waals surface area (Å²) in [6, 6.07) is 9.06. The van der Waals surface area contributed by atoms with E-state index in [4.69, 9.17) is 0 Å². The predicted octanol–water partition coefficient (Wildman–Crippen LogP) is 3.36. The molecule has 3 nitrogen and oxygen atoms in total. The van der Waals surface area contributed by atoms with Crippen molar-refractivity contribution < 1.29 is 0 Å². The number of hydrogen-bond acceptors (Lipinski definition) is 4. The summed E-state index contributed by atoms with van der Waals surface area (Å²) in [5.41, 5.74) is 3.77. The van der Waals surface area contributed by atoms with Gasteiger partial charge >= 0.3 is 0 Å². The molecule has 0 radical (unpaired) electrons. The summed E-state index contributed by atoms with van der Waals surface area (Å²) >= 11 is 1.50. The Balaban J connectivity index is 2.33. The van der Waals surface area contributed by atoms with Crippen molar-refractivity contribution in [1.82, 2.24) is 14.9 Å². The van der Waals surface area contributed by atoms with E-state index < -0.39 is 0 Å². The fourth-order valence-electron chi connectivity index (χ4n) is 2.19. The number of nitrogens with zero attached hydrogens (tertiary/aromatic N) is 2. The summed E-state index contributed by atoms with van der Waals surface area (Å²) in [5, 5.41) is 7.77. The molecule has 0 aliphatic carbocycles. The number of rotatable bonds is 6. The maximum atomic E-state index is 4.23. The second-order valence-electron chi connectivity index (χ2n) is 4.52. The third-order valence-corrected chi connectivity index (χ3v) is 4.14. The van der Waals surface area contributed by atoms with E-state index in [9.17, 15) is 0 Å². The molecule has 0 fully saturated rings. The first-order chi connectivity index (χ1) is 9.30. The third kappa shape index (κ3) is 3.19. The van der Waals surface area contributed by atoms with Crippen molar-refractivity contribution in [2.75, 3.05) is 6.54 Å². The highest BCUT2D eigenvalue weighted by Crippen LogP contribution is 2.27. The average molecular weight is 275 g/mol. The molecule has 4 heteroatoms. The van der Waals surface area contributed by atoms with Gasteiger partial charge in [0, 0.05) is 0 Å². The van der Waals surface area contributed by atoms with Crippen LogP contribution in [0.5, 0.6) is 0 Å². The molecule has 0 spiro atoms. The largest absolute Gasteiger partial charge is 0.306 e. The van der Waals surface area contributed by atoms with Gasteiger partial charge in [0.25, 0.3) is 0 Å². The molecule has 1 atom stereocenters. The second kappa shape index (κ2) is 6.78. The van der Waals surface area contributed by atoms with Crippen LogP contribution in [0.2, 0.25) is 0 Å². The van der Waals surface area contributed by atoms with Gasteiger partial charge in [-0.05, 0) is 42.0 Å². The summed E-state index contributed by atoms with van der Waals surface area (Å²) in [4.78, 5) is 1.24. The molecule has 2 aromatic rings. The average Bonchev–Trinajstić information content (AvgIpc) is 2.93. The molecular formula is C15H21N3S. The predicted molar refractivity (Wildman–Crippen MR) is 80.6 cm³/mol. The number of benzene rings is 1. The van der Waals surface area contributed by atoms with Crippen LogP contribution in [0, 0.1) is 0 Å². The topological polar surface area (TPSA) is 37.8 Å². The molecule has 1 aromatic carbocycles. The van der Waals surface area contributed by atoms with Gasteiger partial charge in [0.15, 0.2) is 0 Å². The lowest BCUT2D eigenvalue weighted by Crippen LogP contribution is -2.22. The van der Waals surface area contributed by atoms with Crippen molar-refractivity contribution in [3.05, 3.63) is 46.0 Å². The molecule has 1 heterocycles. The van der Waals surface area contributed by atoms with E-state index in [1.54, 1.807) is 0 Å². The number of aryl methyl sites for hydroxylation is 2. The molecule has 0 bridgehead atoms. The summed E-state index contributed by atoms with van der Waals surface area (Å²) < 4.78 is 4.11. The maximum Gasteiger partial charge on any atom is 0.0804 e. The van der Waals surface area contributed by atoms with Crippen LogP contribution in [-0.4, -0.2) is 16.1 Å². The van der Waals surface area contributed by atoms with E-state index in [1.165, 1.54) is 27.5 Å². The fraction of sp³-hybridized carbons (Fsp3) is 0.467. The Hall–Kier alpha value is -1.26. The van der Waals surface area contributed by atoms with Gasteiger partial charge in [-0.25, -0.2) is 0 Å². The van der Waals surface area contributed by atoms with Crippen molar-refractivity contribution in [2.45, 2.75) is 39.7 Å². The van der Waals surface area contributed by atoms with Crippen molar-refractivity contribution in [2.24, 2.45) is 0 Å². The smallest absolute Gasteiger partial charge is 0.0804 e. The van der Waals surface area contributed by atoms with E-state index in [0.717, 1.165) is 25.1 Å². The van der Waals surface area contributed by atoms with Gasteiger partial charge in [-0.15, -0.1) is 5.10 Å². The molecule has 102 valence electrons. The minimum Gasteiger partial charge on any atom is -0.306 e. The first-order valence-electron chi connectivity index (χ1n) is 6.93. The zero-order valence-electron chi connectivity index (χ0n) is 11.8. The maximum absolute atomic E-state index is 4.23. The molecule has 2 rings (SSSR count). The zero-order valence-corrected chi connectivity index (χ0v) is 12.6. The van der Waals surface area contributed by atoms with Gasteiger partial charge in [-0.1, -0.05) is 49.5 Å². The molecule has 0 aliphatic rings. The van der Waals surface area contributed by atoms with E-state index >= 15 is 0 Å². The van der Waals surface area contributed by atoms with Crippen LogP contribution in [-0.2, 0) is 12.8 Å². The summed E-state index contributed by atoms with van der Waals surface area (Å²) in [5.74, 6) is 0. The van der Waals surface area contributed by atoms with Crippen molar-refractivity contribution in [3.8, 4) is 0 Å². The van der Waals surface area contributed by atoms with E-state index in [-0.39, 0.29) is 6.04 Å². The van der Waals surface area contributed by atoms with Gasteiger partial charge < -0.3 is 5.32 Å². The van der Waals surface area contributed by atoms with Gasteiger partial charge in [-0.3, -0.25) is 0 Å². The van der Waals surface area contributed by atoms with Crippen LogP contribution < -0.4 is 5.32 Å². The monoisotopic (exact) mass is 275 g/mol. The lowest BCUT2D eigenvalue weighted by Gasteiger charge is -2.17. The molecule has 1 N–H and O–H groups in total. The number of hydrogen-bond donors (Lipinski definition) is 1. The Morgan fingerprint density at radius 2 is 1.84 bits per heavy atom. The number of nitrogens with one attached hydrogen (secondary N) is 1. The first kappa shape index (κ1) is 14.2. The molecule has 0 saturated carbocycles. The third-order valence-electron chi connectivity index (χ3n) is 3.31. The van der Waals surface area contributed by atoms with Gasteiger partial charge in [0.2, 0.25) is 0 Å². The van der Waals surface area contributed by atoms with Crippen LogP contribution in [0.15, 0.2) is 24.3 Å². The highest BCUT2D eigenvalue weighted by Gasteiger charge is 2.19. The van der Waals surface area contributed by atoms with Crippen LogP contribution in [0.4, 0.5) is 0 Å². The lowest BCUT2D eigenvalue weighted by atomic mass is 10.0. The van der Waals surface area contributed by atoms with Crippen molar-refractivity contribution >= 4 is 11.5 Å². The zero-order chi connectivity index (χ0) is 13.7. The van der Waals surface area contributed by atoms with E-state index in [1.807, 2.05) is 0 Å². The Kier molecular flexibility index (Phi) is 5.05. The normalized spacial score (nSPS) is 12.6. The first-order valence-corrected chi connectivity index (χ1v) is 7.70. The molecule has 1 aromatic heterocycles. The quantitative estimate of drug-likeness (QED) is 0.878. The molecular weight excluding hydrogens is 254 g/mol. The van der Waals surface area contributed by atoms with Crippen molar-refractivity contribution in [1.29, 1.82) is 0 Å². The standard InChI is InChI=1S/C15H21N3S/c1-4-11-7-9-12(10-8-11)14(16-6-3)15-13(5-2)17-18-19-15/h7-10,14,16H,4-6H2,1-3H3. The highest BCUT2D eigenvalue weighted by molar-refractivity contribution is 7.05. The lowest BCUT2D eigenvalue weighted by molar-refractivity contribution is 0.632. The highest BCUT2D eigenvalue weighted by atomic mass is 32.1. The summed E-state index contributed by atoms with van der Waals surface area (Å²) in [6.45, 7) is 7.37. The minimum atomic E-state index is 0.214. The molecule has 19 heavy (non-hydrogen) atoms. The van der Waals surface area contributed by atoms with Crippen molar-refractivity contribution in [3.63, 3.8) is 0 Å². The van der Waals surface area contributed by atoms with Crippen LogP contribution in [0.1, 0.15) is 48.5 Å². The Morgan fingerprint density at radius 3 is 2.42 bits per heavy atom. The van der Waals surface area contributed by atoms with Crippen LogP contribution in [0.25, 0.3) is 0 Å². The number of aromatic nitrogens is 2. The fourth-order valence-corrected chi connectivity index (χ4v) is 3.03. The summed E-state index contributed by atoms with van der Waals surface area (Å²) in [6.07, 6.45) is 2.01. The second-order valence-corrected chi connectivity index (χ2v) is 5.31. The van der Waals surface area contributed by atoms with Gasteiger partial charge in [0.05, 0.1) is 16.6 Å². The molecule has 1 unspecified atom stereocenters.